The van der Waals surface area contributed by atoms with Gasteiger partial charge in [-0.05, 0) is 67.3 Å². The van der Waals surface area contributed by atoms with Gasteiger partial charge in [-0.2, -0.15) is 0 Å². The second kappa shape index (κ2) is 9.08. The second-order valence-electron chi connectivity index (χ2n) is 7.65. The molecule has 1 saturated heterocycles. The van der Waals surface area contributed by atoms with Crippen molar-refractivity contribution in [2.45, 2.75) is 27.4 Å². The normalized spacial score (nSPS) is 15.1. The first-order valence-electron chi connectivity index (χ1n) is 10.0. The second-order valence-corrected chi connectivity index (χ2v) is 9.33. The summed E-state index contributed by atoms with van der Waals surface area (Å²) in [6.07, 6.45) is 1.88. The number of nitrogens with zero attached hydrogens (tertiary/aromatic N) is 1. The van der Waals surface area contributed by atoms with E-state index in [0.29, 0.717) is 15.8 Å². The van der Waals surface area contributed by atoms with E-state index in [1.165, 1.54) is 17.3 Å². The third-order valence-corrected chi connectivity index (χ3v) is 6.41. The van der Waals surface area contributed by atoms with E-state index in [-0.39, 0.29) is 5.91 Å². The van der Waals surface area contributed by atoms with Crippen LogP contribution in [-0.4, -0.2) is 10.2 Å². The molecule has 4 rings (SSSR count). The van der Waals surface area contributed by atoms with Crippen LogP contribution in [0.15, 0.2) is 71.6 Å². The lowest BCUT2D eigenvalue weighted by Crippen LogP contribution is -2.28. The molecular weight excluding hydrogens is 422 g/mol. The van der Waals surface area contributed by atoms with E-state index in [2.05, 4.69) is 31.2 Å². The lowest BCUT2D eigenvalue weighted by atomic mass is 10.1. The van der Waals surface area contributed by atoms with E-state index in [1.807, 2.05) is 62.4 Å². The maximum atomic E-state index is 13.1. The van der Waals surface area contributed by atoms with Crippen molar-refractivity contribution < 1.29 is 9.53 Å². The molecule has 0 saturated carbocycles. The van der Waals surface area contributed by atoms with Gasteiger partial charge in [-0.3, -0.25) is 9.69 Å². The molecular formula is C26H23NO2S2. The highest BCUT2D eigenvalue weighted by Gasteiger charge is 2.34. The maximum Gasteiger partial charge on any atom is 0.270 e. The largest absolute Gasteiger partial charge is 0.489 e. The van der Waals surface area contributed by atoms with Crippen LogP contribution in [0.25, 0.3) is 6.08 Å². The van der Waals surface area contributed by atoms with E-state index in [4.69, 9.17) is 17.0 Å². The molecule has 1 aliphatic rings. The molecule has 0 bridgehead atoms. The molecule has 0 spiro atoms. The number of hydrogen-bond donors (Lipinski definition) is 0. The van der Waals surface area contributed by atoms with Crippen molar-refractivity contribution in [2.75, 3.05) is 4.90 Å². The Bertz CT molecular complexity index is 1170. The first kappa shape index (κ1) is 21.3. The van der Waals surface area contributed by atoms with Crippen molar-refractivity contribution in [1.29, 1.82) is 0 Å². The van der Waals surface area contributed by atoms with Crippen molar-refractivity contribution in [3.8, 4) is 5.75 Å². The van der Waals surface area contributed by atoms with Crippen LogP contribution in [0.3, 0.4) is 0 Å². The van der Waals surface area contributed by atoms with Crippen LogP contribution in [0.4, 0.5) is 5.69 Å². The summed E-state index contributed by atoms with van der Waals surface area (Å²) in [6.45, 7) is 6.60. The van der Waals surface area contributed by atoms with Crippen molar-refractivity contribution >= 4 is 46.0 Å². The maximum absolute atomic E-state index is 13.1. The molecule has 0 aliphatic carbocycles. The van der Waals surface area contributed by atoms with E-state index >= 15 is 0 Å². The van der Waals surface area contributed by atoms with Crippen molar-refractivity contribution in [1.82, 2.24) is 0 Å². The van der Waals surface area contributed by atoms with E-state index < -0.39 is 0 Å². The number of ether oxygens (including phenoxy) is 1. The van der Waals surface area contributed by atoms with Crippen molar-refractivity contribution in [2.24, 2.45) is 0 Å². The van der Waals surface area contributed by atoms with E-state index in [9.17, 15) is 4.79 Å². The Labute approximate surface area is 192 Å². The summed E-state index contributed by atoms with van der Waals surface area (Å²) >= 11 is 6.85. The highest BCUT2D eigenvalue weighted by Crippen LogP contribution is 2.37. The standard InChI is InChI=1S/C26H23NO2S2/c1-17-5-8-21(9-6-17)16-29-22-12-10-20(11-13-22)15-24-25(28)27(26(30)31-24)23-14-18(2)4-7-19(23)3/h4-15H,16H2,1-3H3. The summed E-state index contributed by atoms with van der Waals surface area (Å²) < 4.78 is 6.43. The van der Waals surface area contributed by atoms with Gasteiger partial charge in [0.1, 0.15) is 12.4 Å². The average molecular weight is 446 g/mol. The van der Waals surface area contributed by atoms with Crippen molar-refractivity contribution in [3.63, 3.8) is 0 Å². The number of carbonyl (C=O) groups excluding carboxylic acids is 1. The first-order chi connectivity index (χ1) is 14.9. The lowest BCUT2D eigenvalue weighted by molar-refractivity contribution is -0.113. The van der Waals surface area contributed by atoms with Gasteiger partial charge in [-0.15, -0.1) is 0 Å². The number of anilines is 1. The van der Waals surface area contributed by atoms with E-state index in [0.717, 1.165) is 33.7 Å². The number of carbonyl (C=O) groups is 1. The molecule has 0 atom stereocenters. The van der Waals surface area contributed by atoms with Gasteiger partial charge in [-0.25, -0.2) is 0 Å². The monoisotopic (exact) mass is 445 g/mol. The van der Waals surface area contributed by atoms with Crippen LogP contribution >= 0.6 is 24.0 Å². The van der Waals surface area contributed by atoms with Crippen LogP contribution in [0, 0.1) is 20.8 Å². The molecule has 1 fully saturated rings. The van der Waals surface area contributed by atoms with Crippen LogP contribution in [0.1, 0.15) is 27.8 Å². The predicted octanol–water partition coefficient (Wildman–Crippen LogP) is 6.60. The third kappa shape index (κ3) is 4.89. The molecule has 3 aromatic carbocycles. The van der Waals surface area contributed by atoms with Crippen LogP contribution < -0.4 is 9.64 Å². The summed E-state index contributed by atoms with van der Waals surface area (Å²) in [5, 5.41) is 0. The first-order valence-corrected chi connectivity index (χ1v) is 11.3. The fraction of sp³-hybridized carbons (Fsp3) is 0.154. The molecule has 31 heavy (non-hydrogen) atoms. The molecule has 0 aromatic heterocycles. The molecule has 3 aromatic rings. The van der Waals surface area contributed by atoms with Gasteiger partial charge in [0.2, 0.25) is 0 Å². The summed E-state index contributed by atoms with van der Waals surface area (Å²) in [7, 11) is 0. The summed E-state index contributed by atoms with van der Waals surface area (Å²) in [6, 6.07) is 22.1. The van der Waals surface area contributed by atoms with Crippen LogP contribution in [-0.2, 0) is 11.4 Å². The zero-order chi connectivity index (χ0) is 22.0. The van der Waals surface area contributed by atoms with Gasteiger partial charge >= 0.3 is 0 Å². The van der Waals surface area contributed by atoms with Gasteiger partial charge in [0, 0.05) is 0 Å². The minimum atomic E-state index is -0.0802. The Balaban J connectivity index is 1.47. The third-order valence-electron chi connectivity index (χ3n) is 5.10. The SMILES string of the molecule is Cc1ccc(COc2ccc(C=C3SC(=S)N(c4cc(C)ccc4C)C3=O)cc2)cc1. The Morgan fingerprint density at radius 2 is 1.61 bits per heavy atom. The molecule has 1 heterocycles. The molecule has 3 nitrogen and oxygen atoms in total. The van der Waals surface area contributed by atoms with Gasteiger partial charge in [0.05, 0.1) is 10.6 Å². The molecule has 1 amide bonds. The Morgan fingerprint density at radius 3 is 2.32 bits per heavy atom. The number of rotatable bonds is 5. The Morgan fingerprint density at radius 1 is 0.935 bits per heavy atom. The molecule has 0 radical (unpaired) electrons. The van der Waals surface area contributed by atoms with Crippen molar-refractivity contribution in [3.05, 3.63) is 99.5 Å². The van der Waals surface area contributed by atoms with Gasteiger partial charge in [0.25, 0.3) is 5.91 Å². The van der Waals surface area contributed by atoms with E-state index in [1.54, 1.807) is 4.90 Å². The Kier molecular flexibility index (Phi) is 6.25. The number of thioether (sulfide) groups is 1. The minimum Gasteiger partial charge on any atom is -0.489 e. The number of benzene rings is 3. The number of thiocarbonyl (C=S) groups is 1. The highest BCUT2D eigenvalue weighted by atomic mass is 32.2. The topological polar surface area (TPSA) is 29.5 Å². The number of amides is 1. The summed E-state index contributed by atoms with van der Waals surface area (Å²) in [5.74, 6) is 0.712. The molecule has 156 valence electrons. The summed E-state index contributed by atoms with van der Waals surface area (Å²) in [5.41, 5.74) is 6.27. The van der Waals surface area contributed by atoms with Gasteiger partial charge < -0.3 is 4.74 Å². The molecule has 1 aliphatic heterocycles. The average Bonchev–Trinajstić information content (AvgIpc) is 3.03. The quantitative estimate of drug-likeness (QED) is 0.327. The fourth-order valence-corrected chi connectivity index (χ4v) is 4.58. The molecule has 0 unspecified atom stereocenters. The molecule has 0 N–H and O–H groups in total. The van der Waals surface area contributed by atoms with Gasteiger partial charge in [-0.1, -0.05) is 78.1 Å². The zero-order valence-corrected chi connectivity index (χ0v) is 19.3. The lowest BCUT2D eigenvalue weighted by Gasteiger charge is -2.17. The van der Waals surface area contributed by atoms with Gasteiger partial charge in [0.15, 0.2) is 4.32 Å². The zero-order valence-electron chi connectivity index (χ0n) is 17.7. The summed E-state index contributed by atoms with van der Waals surface area (Å²) in [4.78, 5) is 15.3. The van der Waals surface area contributed by atoms with Crippen LogP contribution in [0.5, 0.6) is 5.75 Å². The fourth-order valence-electron chi connectivity index (χ4n) is 3.30. The Hall–Kier alpha value is -2.89. The number of hydrogen-bond acceptors (Lipinski definition) is 4. The highest BCUT2D eigenvalue weighted by molar-refractivity contribution is 8.27. The number of aryl methyl sites for hydroxylation is 3. The predicted molar refractivity (Wildman–Crippen MR) is 134 cm³/mol. The smallest absolute Gasteiger partial charge is 0.270 e. The molecule has 5 heteroatoms. The minimum absolute atomic E-state index is 0.0802. The van der Waals surface area contributed by atoms with Crippen LogP contribution in [0.2, 0.25) is 0 Å².